The van der Waals surface area contributed by atoms with Crippen molar-refractivity contribution >= 4 is 23.3 Å². The molecule has 0 bridgehead atoms. The van der Waals surface area contributed by atoms with Gasteiger partial charge in [-0.3, -0.25) is 4.79 Å². The van der Waals surface area contributed by atoms with E-state index in [1.54, 1.807) is 18.2 Å². The number of carbonyl (C=O) groups excluding carboxylic acids is 2. The summed E-state index contributed by atoms with van der Waals surface area (Å²) in [7, 11) is 0. The van der Waals surface area contributed by atoms with Crippen LogP contribution in [0.1, 0.15) is 12.5 Å². The molecule has 1 heterocycles. The van der Waals surface area contributed by atoms with Crippen LogP contribution in [-0.4, -0.2) is 11.9 Å². The average Bonchev–Trinajstić information content (AvgIpc) is 2.16. The summed E-state index contributed by atoms with van der Waals surface area (Å²) >= 11 is 0. The van der Waals surface area contributed by atoms with Crippen LogP contribution in [0.4, 0.5) is 16.2 Å². The summed E-state index contributed by atoms with van der Waals surface area (Å²) in [5.41, 5.74) is 2.37. The molecule has 0 aliphatic carbocycles. The first kappa shape index (κ1) is 9.51. The zero-order chi connectivity index (χ0) is 10.8. The highest BCUT2D eigenvalue weighted by molar-refractivity contribution is 5.96. The van der Waals surface area contributed by atoms with Crippen LogP contribution in [0.2, 0.25) is 0 Å². The standard InChI is InChI=1S/C10H11N3O2/c1-6(14)12-8-3-2-4-9-7(8)5-11-10(15)13-9/h2-4H,5H2,1H3,(H,12,14)(H2,11,13,15). The Labute approximate surface area is 86.9 Å². The van der Waals surface area contributed by atoms with Gasteiger partial charge in [0.05, 0.1) is 0 Å². The molecule has 3 amide bonds. The summed E-state index contributed by atoms with van der Waals surface area (Å²) in [6.07, 6.45) is 0. The number of benzene rings is 1. The molecule has 0 fully saturated rings. The number of hydrogen-bond acceptors (Lipinski definition) is 2. The van der Waals surface area contributed by atoms with E-state index in [1.165, 1.54) is 6.92 Å². The Kier molecular flexibility index (Phi) is 2.29. The highest BCUT2D eigenvalue weighted by atomic mass is 16.2. The number of carbonyl (C=O) groups is 2. The van der Waals surface area contributed by atoms with Gasteiger partial charge in [0.15, 0.2) is 0 Å². The molecule has 0 aromatic heterocycles. The van der Waals surface area contributed by atoms with E-state index in [2.05, 4.69) is 16.0 Å². The molecule has 78 valence electrons. The second-order valence-electron chi connectivity index (χ2n) is 3.32. The maximum Gasteiger partial charge on any atom is 0.319 e. The summed E-state index contributed by atoms with van der Waals surface area (Å²) in [5, 5.41) is 8.04. The fourth-order valence-corrected chi connectivity index (χ4v) is 1.54. The Hall–Kier alpha value is -2.04. The molecule has 0 spiro atoms. The smallest absolute Gasteiger partial charge is 0.319 e. The molecule has 2 rings (SSSR count). The number of urea groups is 1. The summed E-state index contributed by atoms with van der Waals surface area (Å²) < 4.78 is 0. The quantitative estimate of drug-likeness (QED) is 0.646. The van der Waals surface area contributed by atoms with E-state index in [0.717, 1.165) is 16.9 Å². The van der Waals surface area contributed by atoms with E-state index in [-0.39, 0.29) is 11.9 Å². The van der Waals surface area contributed by atoms with E-state index in [4.69, 9.17) is 0 Å². The van der Waals surface area contributed by atoms with E-state index in [1.807, 2.05) is 0 Å². The zero-order valence-electron chi connectivity index (χ0n) is 8.26. The van der Waals surface area contributed by atoms with Crippen molar-refractivity contribution in [3.8, 4) is 0 Å². The van der Waals surface area contributed by atoms with Crippen molar-refractivity contribution in [1.82, 2.24) is 5.32 Å². The summed E-state index contributed by atoms with van der Waals surface area (Å²) in [4.78, 5) is 22.0. The molecule has 1 aliphatic heterocycles. The van der Waals surface area contributed by atoms with Crippen molar-refractivity contribution in [2.24, 2.45) is 0 Å². The van der Waals surface area contributed by atoms with Crippen molar-refractivity contribution < 1.29 is 9.59 Å². The van der Waals surface area contributed by atoms with E-state index >= 15 is 0 Å². The summed E-state index contributed by atoms with van der Waals surface area (Å²) in [5.74, 6) is -0.125. The van der Waals surface area contributed by atoms with Gasteiger partial charge in [0, 0.05) is 30.4 Å². The highest BCUT2D eigenvalue weighted by Gasteiger charge is 2.16. The molecule has 0 saturated carbocycles. The third-order valence-corrected chi connectivity index (χ3v) is 2.16. The molecule has 0 atom stereocenters. The third-order valence-electron chi connectivity index (χ3n) is 2.16. The number of amides is 3. The lowest BCUT2D eigenvalue weighted by atomic mass is 10.1. The number of nitrogens with one attached hydrogen (secondary N) is 3. The van der Waals surface area contributed by atoms with Crippen molar-refractivity contribution in [3.63, 3.8) is 0 Å². The van der Waals surface area contributed by atoms with Crippen LogP contribution in [-0.2, 0) is 11.3 Å². The Balaban J connectivity index is 2.37. The largest absolute Gasteiger partial charge is 0.334 e. The van der Waals surface area contributed by atoms with Crippen LogP contribution in [0.25, 0.3) is 0 Å². The molecule has 1 aromatic rings. The lowest BCUT2D eigenvalue weighted by Gasteiger charge is -2.20. The number of hydrogen-bond donors (Lipinski definition) is 3. The summed E-state index contributed by atoms with van der Waals surface area (Å²) in [6.45, 7) is 1.88. The van der Waals surface area contributed by atoms with Crippen LogP contribution in [0, 0.1) is 0 Å². The monoisotopic (exact) mass is 205 g/mol. The molecule has 3 N–H and O–H groups in total. The molecular formula is C10H11N3O2. The van der Waals surface area contributed by atoms with E-state index in [9.17, 15) is 9.59 Å². The average molecular weight is 205 g/mol. The van der Waals surface area contributed by atoms with Crippen LogP contribution in [0.15, 0.2) is 18.2 Å². The fraction of sp³-hybridized carbons (Fsp3) is 0.200. The van der Waals surface area contributed by atoms with Gasteiger partial charge in [0.2, 0.25) is 5.91 Å². The minimum atomic E-state index is -0.220. The van der Waals surface area contributed by atoms with Crippen LogP contribution in [0.5, 0.6) is 0 Å². The lowest BCUT2D eigenvalue weighted by molar-refractivity contribution is -0.114. The molecule has 0 radical (unpaired) electrons. The molecule has 1 aromatic carbocycles. The van der Waals surface area contributed by atoms with Gasteiger partial charge in [0.25, 0.3) is 0 Å². The first-order valence-corrected chi connectivity index (χ1v) is 4.61. The Bertz CT molecular complexity index is 429. The second kappa shape index (κ2) is 3.61. The number of rotatable bonds is 1. The van der Waals surface area contributed by atoms with Crippen LogP contribution < -0.4 is 16.0 Å². The Morgan fingerprint density at radius 3 is 3.00 bits per heavy atom. The Morgan fingerprint density at radius 2 is 2.27 bits per heavy atom. The molecular weight excluding hydrogens is 194 g/mol. The molecule has 0 saturated heterocycles. The van der Waals surface area contributed by atoms with Gasteiger partial charge in [-0.05, 0) is 12.1 Å². The lowest BCUT2D eigenvalue weighted by Crippen LogP contribution is -2.33. The topological polar surface area (TPSA) is 70.2 Å². The van der Waals surface area contributed by atoms with Crippen LogP contribution in [0.3, 0.4) is 0 Å². The van der Waals surface area contributed by atoms with Gasteiger partial charge in [-0.25, -0.2) is 4.79 Å². The van der Waals surface area contributed by atoms with Gasteiger partial charge < -0.3 is 16.0 Å². The minimum Gasteiger partial charge on any atom is -0.334 e. The predicted octanol–water partition coefficient (Wildman–Crippen LogP) is 1.28. The van der Waals surface area contributed by atoms with Gasteiger partial charge in [-0.2, -0.15) is 0 Å². The SMILES string of the molecule is CC(=O)Nc1cccc2c1CNC(=O)N2. The maximum atomic E-state index is 11.0. The molecule has 5 nitrogen and oxygen atoms in total. The van der Waals surface area contributed by atoms with Gasteiger partial charge in [-0.1, -0.05) is 6.07 Å². The van der Waals surface area contributed by atoms with Gasteiger partial charge in [-0.15, -0.1) is 0 Å². The fourth-order valence-electron chi connectivity index (χ4n) is 1.54. The van der Waals surface area contributed by atoms with E-state index in [0.29, 0.717) is 6.54 Å². The molecule has 15 heavy (non-hydrogen) atoms. The normalized spacial score (nSPS) is 13.5. The van der Waals surface area contributed by atoms with Crippen molar-refractivity contribution in [2.45, 2.75) is 13.5 Å². The molecule has 0 unspecified atom stereocenters. The summed E-state index contributed by atoms with van der Waals surface area (Å²) in [6, 6.07) is 5.18. The first-order chi connectivity index (χ1) is 7.16. The molecule has 5 heteroatoms. The maximum absolute atomic E-state index is 11.0. The third kappa shape index (κ3) is 1.90. The van der Waals surface area contributed by atoms with Crippen molar-refractivity contribution in [3.05, 3.63) is 23.8 Å². The second-order valence-corrected chi connectivity index (χ2v) is 3.32. The number of fused-ring (bicyclic) bond motifs is 1. The highest BCUT2D eigenvalue weighted by Crippen LogP contribution is 2.26. The van der Waals surface area contributed by atoms with Crippen LogP contribution >= 0.6 is 0 Å². The minimum absolute atomic E-state index is 0.125. The van der Waals surface area contributed by atoms with E-state index < -0.39 is 0 Å². The molecule has 1 aliphatic rings. The zero-order valence-corrected chi connectivity index (χ0v) is 8.26. The predicted molar refractivity (Wildman–Crippen MR) is 56.6 cm³/mol. The van der Waals surface area contributed by atoms with Gasteiger partial charge in [0.1, 0.15) is 0 Å². The van der Waals surface area contributed by atoms with Gasteiger partial charge >= 0.3 is 6.03 Å². The number of anilines is 2. The Morgan fingerprint density at radius 1 is 1.47 bits per heavy atom. The van der Waals surface area contributed by atoms with Crippen molar-refractivity contribution in [1.29, 1.82) is 0 Å². The van der Waals surface area contributed by atoms with Crippen molar-refractivity contribution in [2.75, 3.05) is 10.6 Å². The first-order valence-electron chi connectivity index (χ1n) is 4.61.